The van der Waals surface area contributed by atoms with Crippen molar-refractivity contribution in [2.24, 2.45) is 0 Å². The van der Waals surface area contributed by atoms with E-state index in [1.165, 1.54) is 16.4 Å². The number of hydrogen-bond acceptors (Lipinski definition) is 6. The first-order chi connectivity index (χ1) is 12.3. The molecular formula is C17H20N4O4S. The topological polar surface area (TPSA) is 105 Å². The van der Waals surface area contributed by atoms with Crippen LogP contribution in [0.5, 0.6) is 0 Å². The molecule has 0 spiro atoms. The fraction of sp³-hybridized carbons (Fsp3) is 0.353. The molecule has 2 heterocycles. The van der Waals surface area contributed by atoms with Crippen molar-refractivity contribution in [3.05, 3.63) is 63.5 Å². The molecule has 1 aliphatic rings. The largest absolute Gasteiger partial charge is 0.313 e. The zero-order chi connectivity index (χ0) is 18.9. The van der Waals surface area contributed by atoms with Crippen LogP contribution in [0.25, 0.3) is 0 Å². The summed E-state index contributed by atoms with van der Waals surface area (Å²) in [5, 5.41) is 14.3. The number of benzene rings is 1. The van der Waals surface area contributed by atoms with E-state index in [2.05, 4.69) is 10.3 Å². The molecule has 1 aromatic carbocycles. The van der Waals surface area contributed by atoms with Crippen LogP contribution in [-0.4, -0.2) is 42.3 Å². The molecule has 1 atom stereocenters. The van der Waals surface area contributed by atoms with Crippen molar-refractivity contribution in [3.63, 3.8) is 0 Å². The van der Waals surface area contributed by atoms with Gasteiger partial charge >= 0.3 is 0 Å². The van der Waals surface area contributed by atoms with E-state index in [9.17, 15) is 18.5 Å². The minimum Gasteiger partial charge on any atom is -0.313 e. The number of nitro groups is 1. The van der Waals surface area contributed by atoms with Crippen LogP contribution >= 0.6 is 0 Å². The summed E-state index contributed by atoms with van der Waals surface area (Å²) in [5.41, 5.74) is 1.45. The quantitative estimate of drug-likeness (QED) is 0.646. The maximum Gasteiger partial charge on any atom is 0.270 e. The number of pyridine rings is 1. The molecule has 138 valence electrons. The molecule has 0 aliphatic carbocycles. The Labute approximate surface area is 152 Å². The van der Waals surface area contributed by atoms with E-state index in [0.29, 0.717) is 30.8 Å². The SMILES string of the molecule is Cc1cc([N+](=O)[O-])cc(C)c1S(=O)(=O)N1CCNCC1c1cccnc1. The summed E-state index contributed by atoms with van der Waals surface area (Å²) in [6, 6.07) is 5.86. The summed E-state index contributed by atoms with van der Waals surface area (Å²) < 4.78 is 28.3. The minimum atomic E-state index is -3.82. The van der Waals surface area contributed by atoms with Gasteiger partial charge in [-0.05, 0) is 36.6 Å². The molecule has 1 fully saturated rings. The van der Waals surface area contributed by atoms with Crippen LogP contribution in [0, 0.1) is 24.0 Å². The summed E-state index contributed by atoms with van der Waals surface area (Å²) in [4.78, 5) is 14.8. The lowest BCUT2D eigenvalue weighted by molar-refractivity contribution is -0.385. The fourth-order valence-corrected chi connectivity index (χ4v) is 5.42. The summed E-state index contributed by atoms with van der Waals surface area (Å²) in [7, 11) is -3.82. The first-order valence-corrected chi connectivity index (χ1v) is 9.64. The summed E-state index contributed by atoms with van der Waals surface area (Å²) in [5.74, 6) is 0. The van der Waals surface area contributed by atoms with E-state index < -0.39 is 14.9 Å². The maximum atomic E-state index is 13.4. The third kappa shape index (κ3) is 3.33. The van der Waals surface area contributed by atoms with Crippen molar-refractivity contribution in [2.45, 2.75) is 24.8 Å². The Hall–Kier alpha value is -2.36. The van der Waals surface area contributed by atoms with Gasteiger partial charge < -0.3 is 5.32 Å². The van der Waals surface area contributed by atoms with Crippen LogP contribution in [0.4, 0.5) is 5.69 Å². The molecule has 0 amide bonds. The number of nitrogens with one attached hydrogen (secondary N) is 1. The molecule has 0 bridgehead atoms. The Bertz CT molecular complexity index is 908. The zero-order valence-electron chi connectivity index (χ0n) is 14.5. The number of non-ortho nitro benzene ring substituents is 1. The van der Waals surface area contributed by atoms with Crippen molar-refractivity contribution in [1.29, 1.82) is 0 Å². The van der Waals surface area contributed by atoms with Crippen molar-refractivity contribution >= 4 is 15.7 Å². The molecule has 1 unspecified atom stereocenters. The Kier molecular flexibility index (Phi) is 5.03. The van der Waals surface area contributed by atoms with Crippen molar-refractivity contribution in [2.75, 3.05) is 19.6 Å². The molecule has 2 aromatic rings. The molecular weight excluding hydrogens is 356 g/mol. The normalized spacial score (nSPS) is 18.6. The Morgan fingerprint density at radius 3 is 2.58 bits per heavy atom. The monoisotopic (exact) mass is 376 g/mol. The highest BCUT2D eigenvalue weighted by molar-refractivity contribution is 7.89. The van der Waals surface area contributed by atoms with Crippen LogP contribution in [0.3, 0.4) is 0 Å². The first kappa shape index (κ1) is 18.4. The molecule has 0 saturated carbocycles. The lowest BCUT2D eigenvalue weighted by atomic mass is 10.1. The molecule has 0 radical (unpaired) electrons. The van der Waals surface area contributed by atoms with E-state index in [1.54, 1.807) is 32.3 Å². The second-order valence-electron chi connectivity index (χ2n) is 6.29. The minimum absolute atomic E-state index is 0.108. The molecule has 9 heteroatoms. The molecule has 1 saturated heterocycles. The fourth-order valence-electron chi connectivity index (χ4n) is 3.39. The van der Waals surface area contributed by atoms with Crippen LogP contribution in [0.15, 0.2) is 41.6 Å². The van der Waals surface area contributed by atoms with Gasteiger partial charge in [0.05, 0.1) is 15.9 Å². The highest BCUT2D eigenvalue weighted by Crippen LogP contribution is 2.33. The molecule has 26 heavy (non-hydrogen) atoms. The van der Waals surface area contributed by atoms with E-state index in [4.69, 9.17) is 0 Å². The third-order valence-electron chi connectivity index (χ3n) is 4.49. The van der Waals surface area contributed by atoms with E-state index in [1.807, 2.05) is 6.07 Å². The second kappa shape index (κ2) is 7.10. The number of aromatic nitrogens is 1. The van der Waals surface area contributed by atoms with Gasteiger partial charge in [-0.15, -0.1) is 0 Å². The summed E-state index contributed by atoms with van der Waals surface area (Å²) in [6.07, 6.45) is 3.30. The summed E-state index contributed by atoms with van der Waals surface area (Å²) >= 11 is 0. The highest BCUT2D eigenvalue weighted by atomic mass is 32.2. The second-order valence-corrected chi connectivity index (χ2v) is 8.12. The van der Waals surface area contributed by atoms with Gasteiger partial charge in [0.2, 0.25) is 10.0 Å². The van der Waals surface area contributed by atoms with E-state index in [0.717, 1.165) is 5.56 Å². The van der Waals surface area contributed by atoms with Gasteiger partial charge in [0, 0.05) is 44.2 Å². The standard InChI is InChI=1S/C17H20N4O4S/c1-12-8-15(21(22)23)9-13(2)17(12)26(24,25)20-7-6-19-11-16(20)14-4-3-5-18-10-14/h3-5,8-10,16,19H,6-7,11H2,1-2H3. The van der Waals surface area contributed by atoms with Gasteiger partial charge in [0.1, 0.15) is 0 Å². The Morgan fingerprint density at radius 2 is 2.00 bits per heavy atom. The number of nitrogens with zero attached hydrogens (tertiary/aromatic N) is 3. The number of hydrogen-bond donors (Lipinski definition) is 1. The maximum absolute atomic E-state index is 13.4. The lowest BCUT2D eigenvalue weighted by Crippen LogP contribution is -2.48. The van der Waals surface area contributed by atoms with Gasteiger partial charge in [-0.1, -0.05) is 6.07 Å². The number of sulfonamides is 1. The van der Waals surface area contributed by atoms with E-state index in [-0.39, 0.29) is 16.6 Å². The number of nitro benzene ring substituents is 1. The Morgan fingerprint density at radius 1 is 1.31 bits per heavy atom. The average Bonchev–Trinajstić information content (AvgIpc) is 2.61. The smallest absolute Gasteiger partial charge is 0.270 e. The highest BCUT2D eigenvalue weighted by Gasteiger charge is 2.36. The first-order valence-electron chi connectivity index (χ1n) is 8.20. The van der Waals surface area contributed by atoms with Gasteiger partial charge in [-0.2, -0.15) is 4.31 Å². The predicted octanol–water partition coefficient (Wildman–Crippen LogP) is 1.94. The van der Waals surface area contributed by atoms with Gasteiger partial charge in [-0.3, -0.25) is 15.1 Å². The molecule has 3 rings (SSSR count). The van der Waals surface area contributed by atoms with Crippen molar-refractivity contribution < 1.29 is 13.3 Å². The third-order valence-corrected chi connectivity index (χ3v) is 6.70. The molecule has 1 aliphatic heterocycles. The Balaban J connectivity index is 2.08. The average molecular weight is 376 g/mol. The van der Waals surface area contributed by atoms with Crippen LogP contribution in [-0.2, 0) is 10.0 Å². The molecule has 8 nitrogen and oxygen atoms in total. The zero-order valence-corrected chi connectivity index (χ0v) is 15.4. The van der Waals surface area contributed by atoms with Crippen LogP contribution in [0.1, 0.15) is 22.7 Å². The van der Waals surface area contributed by atoms with Crippen molar-refractivity contribution in [1.82, 2.24) is 14.6 Å². The van der Waals surface area contributed by atoms with Gasteiger partial charge in [0.25, 0.3) is 5.69 Å². The van der Waals surface area contributed by atoms with E-state index >= 15 is 0 Å². The van der Waals surface area contributed by atoms with Gasteiger partial charge in [0.15, 0.2) is 0 Å². The number of aryl methyl sites for hydroxylation is 2. The van der Waals surface area contributed by atoms with Gasteiger partial charge in [-0.25, -0.2) is 8.42 Å². The molecule has 1 N–H and O–H groups in total. The van der Waals surface area contributed by atoms with Crippen molar-refractivity contribution in [3.8, 4) is 0 Å². The number of rotatable bonds is 4. The summed E-state index contributed by atoms with van der Waals surface area (Å²) in [6.45, 7) is 4.52. The van der Waals surface area contributed by atoms with Crippen LogP contribution < -0.4 is 5.32 Å². The van der Waals surface area contributed by atoms with Crippen LogP contribution in [0.2, 0.25) is 0 Å². The predicted molar refractivity (Wildman–Crippen MR) is 96.3 cm³/mol. The number of piperazine rings is 1. The lowest BCUT2D eigenvalue weighted by Gasteiger charge is -2.35. The molecule has 1 aromatic heterocycles.